The molecule has 5 rings (SSSR count). The van der Waals surface area contributed by atoms with Gasteiger partial charge in [-0.2, -0.15) is 0 Å². The maximum atomic E-state index is 2.51. The van der Waals surface area contributed by atoms with Crippen molar-refractivity contribution in [1.82, 2.24) is 0 Å². The van der Waals surface area contributed by atoms with E-state index >= 15 is 0 Å². The Balaban J connectivity index is 1.77. The number of hydrogen-bond donors (Lipinski definition) is 0. The summed E-state index contributed by atoms with van der Waals surface area (Å²) < 4.78 is 0. The fourth-order valence-corrected chi connectivity index (χ4v) is 5.53. The lowest BCUT2D eigenvalue weighted by molar-refractivity contribution is 0.174. The molecule has 0 amide bonds. The van der Waals surface area contributed by atoms with Crippen LogP contribution in [-0.4, -0.2) is 0 Å². The molecule has 0 unspecified atom stereocenters. The summed E-state index contributed by atoms with van der Waals surface area (Å²) in [5.74, 6) is 0. The molecule has 0 heterocycles. The van der Waals surface area contributed by atoms with E-state index in [9.17, 15) is 0 Å². The molecule has 0 aromatic heterocycles. The van der Waals surface area contributed by atoms with Gasteiger partial charge < -0.3 is 0 Å². The Morgan fingerprint density at radius 3 is 1.83 bits per heavy atom. The summed E-state index contributed by atoms with van der Waals surface area (Å²) in [7, 11) is 0. The molecule has 4 aromatic carbocycles. The van der Waals surface area contributed by atoms with Crippen LogP contribution in [0, 0.1) is 5.41 Å². The fourth-order valence-electron chi connectivity index (χ4n) is 5.53. The topological polar surface area (TPSA) is 0 Å². The first-order valence-electron chi connectivity index (χ1n) is 11.3. The molecule has 0 heteroatoms. The summed E-state index contributed by atoms with van der Waals surface area (Å²) in [6.07, 6.45) is 5.22. The molecule has 4 aromatic rings. The van der Waals surface area contributed by atoms with E-state index in [2.05, 4.69) is 90.1 Å². The zero-order chi connectivity index (χ0) is 20.6. The second-order valence-corrected chi connectivity index (χ2v) is 11.7. The van der Waals surface area contributed by atoms with Crippen molar-refractivity contribution < 1.29 is 0 Å². The van der Waals surface area contributed by atoms with Crippen LogP contribution in [-0.2, 0) is 10.8 Å². The van der Waals surface area contributed by atoms with Gasteiger partial charge in [-0.15, -0.1) is 0 Å². The Kier molecular flexibility index (Phi) is 3.90. The highest BCUT2D eigenvalue weighted by Crippen LogP contribution is 2.49. The van der Waals surface area contributed by atoms with Crippen molar-refractivity contribution in [2.45, 2.75) is 78.1 Å². The molecule has 0 radical (unpaired) electrons. The van der Waals surface area contributed by atoms with Crippen LogP contribution in [0.3, 0.4) is 0 Å². The number of rotatable bonds is 1. The zero-order valence-electron chi connectivity index (χ0n) is 18.9. The van der Waals surface area contributed by atoms with Crippen molar-refractivity contribution in [3.05, 3.63) is 59.7 Å². The molecule has 1 fully saturated rings. The average molecular weight is 383 g/mol. The maximum absolute atomic E-state index is 2.51. The maximum Gasteiger partial charge on any atom is -0.00238 e. The van der Waals surface area contributed by atoms with Gasteiger partial charge in [0.2, 0.25) is 0 Å². The van der Waals surface area contributed by atoms with Crippen LogP contribution in [0.25, 0.3) is 32.3 Å². The molecule has 0 nitrogen and oxygen atoms in total. The van der Waals surface area contributed by atoms with Gasteiger partial charge in [0.15, 0.2) is 0 Å². The summed E-state index contributed by atoms with van der Waals surface area (Å²) in [6.45, 7) is 14.3. The Labute approximate surface area is 175 Å². The van der Waals surface area contributed by atoms with Gasteiger partial charge in [0, 0.05) is 0 Å². The van der Waals surface area contributed by atoms with E-state index in [1.807, 2.05) is 0 Å². The van der Waals surface area contributed by atoms with Gasteiger partial charge in [-0.25, -0.2) is 0 Å². The Bertz CT molecular complexity index is 1190. The third-order valence-electron chi connectivity index (χ3n) is 7.82. The molecule has 0 spiro atoms. The van der Waals surface area contributed by atoms with Gasteiger partial charge in [-0.05, 0) is 85.4 Å². The van der Waals surface area contributed by atoms with Crippen LogP contribution in [0.5, 0.6) is 0 Å². The largest absolute Gasteiger partial charge is 0.0599 e. The third-order valence-corrected chi connectivity index (χ3v) is 7.82. The molecule has 0 N–H and O–H groups in total. The van der Waals surface area contributed by atoms with Gasteiger partial charge in [0.1, 0.15) is 0 Å². The molecule has 0 saturated heterocycles. The number of benzene rings is 4. The molecule has 1 saturated carbocycles. The van der Waals surface area contributed by atoms with Crippen molar-refractivity contribution in [2.75, 3.05) is 0 Å². The number of hydrogen-bond acceptors (Lipinski definition) is 0. The summed E-state index contributed by atoms with van der Waals surface area (Å²) in [5.41, 5.74) is 3.93. The quantitative estimate of drug-likeness (QED) is 0.289. The van der Waals surface area contributed by atoms with Crippen molar-refractivity contribution in [3.63, 3.8) is 0 Å². The van der Waals surface area contributed by atoms with Gasteiger partial charge in [0.25, 0.3) is 0 Å². The second kappa shape index (κ2) is 5.97. The van der Waals surface area contributed by atoms with Crippen LogP contribution < -0.4 is 0 Å². The minimum atomic E-state index is 0.165. The van der Waals surface area contributed by atoms with Crippen molar-refractivity contribution in [1.29, 1.82) is 0 Å². The molecular formula is C29H34. The van der Waals surface area contributed by atoms with Crippen molar-refractivity contribution >= 4 is 32.3 Å². The minimum absolute atomic E-state index is 0.165. The molecule has 0 aliphatic heterocycles. The van der Waals surface area contributed by atoms with Crippen LogP contribution in [0.1, 0.15) is 78.4 Å². The predicted molar refractivity (Wildman–Crippen MR) is 128 cm³/mol. The lowest BCUT2D eigenvalue weighted by atomic mass is 9.62. The Morgan fingerprint density at radius 2 is 1.21 bits per heavy atom. The lowest BCUT2D eigenvalue weighted by Crippen LogP contribution is -2.32. The predicted octanol–water partition coefficient (Wildman–Crippen LogP) is 8.74. The van der Waals surface area contributed by atoms with Gasteiger partial charge in [-0.1, -0.05) is 90.1 Å². The van der Waals surface area contributed by atoms with Crippen molar-refractivity contribution in [3.8, 4) is 0 Å². The minimum Gasteiger partial charge on any atom is -0.0599 e. The molecule has 0 atom stereocenters. The molecule has 150 valence electrons. The average Bonchev–Trinajstić information content (AvgIpc) is 2.67. The zero-order valence-corrected chi connectivity index (χ0v) is 18.9. The Hall–Kier alpha value is -2.08. The van der Waals surface area contributed by atoms with E-state index in [1.165, 1.54) is 63.6 Å². The molecule has 0 bridgehead atoms. The van der Waals surface area contributed by atoms with Crippen LogP contribution in [0.2, 0.25) is 0 Å². The Morgan fingerprint density at radius 1 is 0.655 bits per heavy atom. The van der Waals surface area contributed by atoms with E-state index in [0.717, 1.165) is 0 Å². The highest BCUT2D eigenvalue weighted by Gasteiger charge is 2.37. The molecule has 29 heavy (non-hydrogen) atoms. The summed E-state index contributed by atoms with van der Waals surface area (Å²) >= 11 is 0. The van der Waals surface area contributed by atoms with Gasteiger partial charge >= 0.3 is 0 Å². The van der Waals surface area contributed by atoms with Crippen molar-refractivity contribution in [2.24, 2.45) is 5.41 Å². The smallest absolute Gasteiger partial charge is 0.00238 e. The molecular weight excluding hydrogens is 348 g/mol. The fraction of sp³-hybridized carbons (Fsp3) is 0.448. The first kappa shape index (κ1) is 18.9. The monoisotopic (exact) mass is 382 g/mol. The van der Waals surface area contributed by atoms with Gasteiger partial charge in [0.05, 0.1) is 0 Å². The third kappa shape index (κ3) is 2.95. The lowest BCUT2D eigenvalue weighted by Gasteiger charge is -2.42. The van der Waals surface area contributed by atoms with Gasteiger partial charge in [-0.3, -0.25) is 0 Å². The standard InChI is InChI=1S/C29H34/c1-27(2,3)22-17-20-8-7-19-10-12-24(29(6)15-13-28(4,5)14-16-29)23-11-9-21(18-22)25(20)26(19)23/h7-12,17-18H,13-16H2,1-6H3. The van der Waals surface area contributed by atoms with Crippen LogP contribution >= 0.6 is 0 Å². The van der Waals surface area contributed by atoms with Crippen LogP contribution in [0.4, 0.5) is 0 Å². The summed E-state index contributed by atoms with van der Waals surface area (Å²) in [5, 5.41) is 8.56. The highest BCUT2D eigenvalue weighted by molar-refractivity contribution is 6.23. The van der Waals surface area contributed by atoms with E-state index < -0.39 is 0 Å². The SMILES string of the molecule is CC1(C)CCC(C)(c2ccc3ccc4cc(C(C)(C)C)cc5ccc2c3c45)CC1. The second-order valence-electron chi connectivity index (χ2n) is 11.7. The van der Waals surface area contributed by atoms with Crippen LogP contribution in [0.15, 0.2) is 48.5 Å². The summed E-state index contributed by atoms with van der Waals surface area (Å²) in [4.78, 5) is 0. The van der Waals surface area contributed by atoms with E-state index in [0.29, 0.717) is 5.41 Å². The van der Waals surface area contributed by atoms with E-state index in [1.54, 1.807) is 5.56 Å². The molecule has 1 aliphatic carbocycles. The normalized spacial score (nSPS) is 19.4. The van der Waals surface area contributed by atoms with E-state index in [4.69, 9.17) is 0 Å². The summed E-state index contributed by atoms with van der Waals surface area (Å²) in [6, 6.07) is 19.1. The first-order valence-corrected chi connectivity index (χ1v) is 11.3. The molecule has 1 aliphatic rings. The van der Waals surface area contributed by atoms with E-state index in [-0.39, 0.29) is 10.8 Å². The highest BCUT2D eigenvalue weighted by atomic mass is 14.4. The first-order chi connectivity index (χ1) is 13.6.